The molecule has 0 spiro atoms. The molecule has 1 unspecified atom stereocenters. The maximum absolute atomic E-state index is 10.4. The summed E-state index contributed by atoms with van der Waals surface area (Å²) in [6, 6.07) is 0.474. The number of hydrogen-bond acceptors (Lipinski definition) is 3. The highest BCUT2D eigenvalue weighted by Gasteiger charge is 2.06. The van der Waals surface area contributed by atoms with E-state index < -0.39 is 10.1 Å². The Balaban J connectivity index is 3.52. The smallest absolute Gasteiger partial charge is 0.264 e. The Morgan fingerprint density at radius 2 is 2.00 bits per heavy atom. The lowest BCUT2D eigenvalue weighted by Crippen LogP contribution is -2.30. The van der Waals surface area contributed by atoms with Crippen molar-refractivity contribution in [2.75, 3.05) is 12.3 Å². The third kappa shape index (κ3) is 8.47. The van der Waals surface area contributed by atoms with Gasteiger partial charge >= 0.3 is 0 Å². The second kappa shape index (κ2) is 7.20. The van der Waals surface area contributed by atoms with Crippen LogP contribution in [0.2, 0.25) is 0 Å². The van der Waals surface area contributed by atoms with Crippen molar-refractivity contribution in [2.24, 2.45) is 0 Å². The average molecular weight is 223 g/mol. The molecule has 0 saturated heterocycles. The number of rotatable bonds is 8. The van der Waals surface area contributed by atoms with Gasteiger partial charge in [-0.15, -0.1) is 0 Å². The van der Waals surface area contributed by atoms with Crippen molar-refractivity contribution < 1.29 is 13.0 Å². The standard InChI is InChI=1S/C9H21NO3S/c1-3-6-9(4-2)10-7-5-8-14(11,12)13/h9-10H,3-8H2,1-2H3,(H,11,12,13). The Morgan fingerprint density at radius 1 is 1.36 bits per heavy atom. The molecule has 5 heteroatoms. The number of nitrogens with one attached hydrogen (secondary N) is 1. The van der Waals surface area contributed by atoms with E-state index in [1.54, 1.807) is 0 Å². The first-order valence-electron chi connectivity index (χ1n) is 5.18. The van der Waals surface area contributed by atoms with Gasteiger partial charge in [-0.2, -0.15) is 8.42 Å². The van der Waals surface area contributed by atoms with Gasteiger partial charge in [0.05, 0.1) is 5.75 Å². The van der Waals surface area contributed by atoms with Gasteiger partial charge in [-0.1, -0.05) is 20.3 Å². The van der Waals surface area contributed by atoms with Gasteiger partial charge in [0.1, 0.15) is 0 Å². The molecule has 1 atom stereocenters. The van der Waals surface area contributed by atoms with Crippen LogP contribution in [-0.4, -0.2) is 31.3 Å². The average Bonchev–Trinajstić information content (AvgIpc) is 2.08. The summed E-state index contributed by atoms with van der Waals surface area (Å²) in [5, 5.41) is 3.27. The summed E-state index contributed by atoms with van der Waals surface area (Å²) in [6.07, 6.45) is 3.77. The molecule has 86 valence electrons. The Hall–Kier alpha value is -0.130. The lowest BCUT2D eigenvalue weighted by Gasteiger charge is -2.15. The molecule has 0 saturated carbocycles. The third-order valence-corrected chi connectivity index (χ3v) is 2.95. The van der Waals surface area contributed by atoms with E-state index in [1.807, 2.05) is 0 Å². The van der Waals surface area contributed by atoms with Gasteiger partial charge in [0.25, 0.3) is 10.1 Å². The van der Waals surface area contributed by atoms with Gasteiger partial charge in [-0.05, 0) is 25.8 Å². The topological polar surface area (TPSA) is 66.4 Å². The van der Waals surface area contributed by atoms with Crippen molar-refractivity contribution in [3.63, 3.8) is 0 Å². The molecule has 0 fully saturated rings. The largest absolute Gasteiger partial charge is 0.314 e. The first-order valence-corrected chi connectivity index (χ1v) is 6.79. The van der Waals surface area contributed by atoms with E-state index in [2.05, 4.69) is 19.2 Å². The van der Waals surface area contributed by atoms with Crippen LogP contribution in [0.15, 0.2) is 0 Å². The predicted molar refractivity (Wildman–Crippen MR) is 58.0 cm³/mol. The molecule has 0 rings (SSSR count). The zero-order chi connectivity index (χ0) is 11.0. The monoisotopic (exact) mass is 223 g/mol. The van der Waals surface area contributed by atoms with Crippen LogP contribution in [0.25, 0.3) is 0 Å². The van der Waals surface area contributed by atoms with E-state index in [4.69, 9.17) is 4.55 Å². The number of hydrogen-bond donors (Lipinski definition) is 2. The van der Waals surface area contributed by atoms with Crippen molar-refractivity contribution in [3.8, 4) is 0 Å². The molecule has 14 heavy (non-hydrogen) atoms. The van der Waals surface area contributed by atoms with E-state index in [9.17, 15) is 8.42 Å². The van der Waals surface area contributed by atoms with E-state index in [0.717, 1.165) is 19.3 Å². The first kappa shape index (κ1) is 13.9. The molecule has 0 aromatic rings. The summed E-state index contributed by atoms with van der Waals surface area (Å²) in [7, 11) is -3.78. The van der Waals surface area contributed by atoms with Crippen LogP contribution in [0.1, 0.15) is 39.5 Å². The van der Waals surface area contributed by atoms with E-state index >= 15 is 0 Å². The van der Waals surface area contributed by atoms with Crippen molar-refractivity contribution >= 4 is 10.1 Å². The van der Waals surface area contributed by atoms with E-state index in [1.165, 1.54) is 0 Å². The fraction of sp³-hybridized carbons (Fsp3) is 1.00. The molecule has 0 amide bonds. The van der Waals surface area contributed by atoms with Gasteiger partial charge in [-0.25, -0.2) is 0 Å². The minimum atomic E-state index is -3.78. The molecule has 0 aliphatic carbocycles. The van der Waals surface area contributed by atoms with Gasteiger partial charge in [0, 0.05) is 6.04 Å². The highest BCUT2D eigenvalue weighted by molar-refractivity contribution is 7.85. The first-order chi connectivity index (χ1) is 6.49. The highest BCUT2D eigenvalue weighted by atomic mass is 32.2. The van der Waals surface area contributed by atoms with Crippen LogP contribution in [0.5, 0.6) is 0 Å². The molecule has 4 nitrogen and oxygen atoms in total. The maximum atomic E-state index is 10.4. The van der Waals surface area contributed by atoms with Crippen LogP contribution in [0.4, 0.5) is 0 Å². The van der Waals surface area contributed by atoms with E-state index in [0.29, 0.717) is 19.0 Å². The van der Waals surface area contributed by atoms with Gasteiger partial charge in [-0.3, -0.25) is 4.55 Å². The van der Waals surface area contributed by atoms with E-state index in [-0.39, 0.29) is 5.75 Å². The minimum Gasteiger partial charge on any atom is -0.314 e. The molecular formula is C9H21NO3S. The second-order valence-electron chi connectivity index (χ2n) is 3.49. The van der Waals surface area contributed by atoms with Crippen molar-refractivity contribution in [3.05, 3.63) is 0 Å². The molecular weight excluding hydrogens is 202 g/mol. The molecule has 0 aromatic carbocycles. The van der Waals surface area contributed by atoms with Crippen molar-refractivity contribution in [2.45, 2.75) is 45.6 Å². The second-order valence-corrected chi connectivity index (χ2v) is 5.06. The molecule has 0 aliphatic rings. The van der Waals surface area contributed by atoms with Crippen LogP contribution in [-0.2, 0) is 10.1 Å². The summed E-state index contributed by atoms with van der Waals surface area (Å²) in [5.41, 5.74) is 0. The van der Waals surface area contributed by atoms with Crippen LogP contribution in [0.3, 0.4) is 0 Å². The summed E-state index contributed by atoms with van der Waals surface area (Å²) < 4.78 is 29.3. The Bertz CT molecular complexity index is 226. The molecule has 0 heterocycles. The highest BCUT2D eigenvalue weighted by Crippen LogP contribution is 2.00. The normalized spacial score (nSPS) is 14.2. The molecule has 0 aliphatic heterocycles. The Labute approximate surface area is 86.8 Å². The molecule has 0 bridgehead atoms. The summed E-state index contributed by atoms with van der Waals surface area (Å²) >= 11 is 0. The summed E-state index contributed by atoms with van der Waals surface area (Å²) in [4.78, 5) is 0. The zero-order valence-electron chi connectivity index (χ0n) is 8.99. The quantitative estimate of drug-likeness (QED) is 0.482. The Kier molecular flexibility index (Phi) is 7.13. The minimum absolute atomic E-state index is 0.150. The zero-order valence-corrected chi connectivity index (χ0v) is 9.81. The van der Waals surface area contributed by atoms with Gasteiger partial charge in [0.2, 0.25) is 0 Å². The van der Waals surface area contributed by atoms with Crippen LogP contribution in [0, 0.1) is 0 Å². The fourth-order valence-corrected chi connectivity index (χ4v) is 1.87. The lowest BCUT2D eigenvalue weighted by molar-refractivity contribution is 0.454. The molecule has 0 radical (unpaired) electrons. The maximum Gasteiger partial charge on any atom is 0.264 e. The molecule has 0 aromatic heterocycles. The SMILES string of the molecule is CCCC(CC)NCCCS(=O)(=O)O. The van der Waals surface area contributed by atoms with Crippen LogP contribution >= 0.6 is 0 Å². The fourth-order valence-electron chi connectivity index (χ4n) is 1.36. The Morgan fingerprint density at radius 3 is 2.43 bits per heavy atom. The van der Waals surface area contributed by atoms with Crippen molar-refractivity contribution in [1.29, 1.82) is 0 Å². The summed E-state index contributed by atoms with van der Waals surface area (Å²) in [5.74, 6) is -0.150. The van der Waals surface area contributed by atoms with Crippen LogP contribution < -0.4 is 5.32 Å². The lowest BCUT2D eigenvalue weighted by atomic mass is 10.1. The van der Waals surface area contributed by atoms with Gasteiger partial charge < -0.3 is 5.32 Å². The van der Waals surface area contributed by atoms with Crippen molar-refractivity contribution in [1.82, 2.24) is 5.32 Å². The predicted octanol–water partition coefficient (Wildman–Crippen LogP) is 1.43. The molecule has 2 N–H and O–H groups in total. The third-order valence-electron chi connectivity index (χ3n) is 2.14. The van der Waals surface area contributed by atoms with Gasteiger partial charge in [0.15, 0.2) is 0 Å². The summed E-state index contributed by atoms with van der Waals surface area (Å²) in [6.45, 7) is 4.89.